The van der Waals surface area contributed by atoms with Gasteiger partial charge in [-0.3, -0.25) is 0 Å². The molecule has 8 heteroatoms. The summed E-state index contributed by atoms with van der Waals surface area (Å²) >= 11 is 7.97. The second kappa shape index (κ2) is 8.12. The van der Waals surface area contributed by atoms with E-state index in [1.807, 2.05) is 18.2 Å². The first-order valence-electron chi connectivity index (χ1n) is 9.14. The van der Waals surface area contributed by atoms with Gasteiger partial charge in [0.1, 0.15) is 10.8 Å². The highest BCUT2D eigenvalue weighted by Crippen LogP contribution is 2.38. The van der Waals surface area contributed by atoms with Gasteiger partial charge in [-0.15, -0.1) is 0 Å². The zero-order valence-electron chi connectivity index (χ0n) is 16.0. The zero-order valence-corrected chi connectivity index (χ0v) is 17.6. The maximum atomic E-state index is 6.54. The Kier molecular flexibility index (Phi) is 6.03. The smallest absolute Gasteiger partial charge is 0.158 e. The molecule has 1 aromatic carbocycles. The van der Waals surface area contributed by atoms with Gasteiger partial charge < -0.3 is 21.7 Å². The maximum Gasteiger partial charge on any atom is 0.158 e. The van der Waals surface area contributed by atoms with Crippen molar-refractivity contribution in [3.63, 3.8) is 0 Å². The molecule has 146 valence electrons. The van der Waals surface area contributed by atoms with Crippen LogP contribution in [0.3, 0.4) is 0 Å². The normalized spacial score (nSPS) is 16.6. The number of nitrogen functional groups attached to an aromatic ring is 1. The van der Waals surface area contributed by atoms with Gasteiger partial charge in [-0.05, 0) is 45.7 Å². The number of anilines is 3. The van der Waals surface area contributed by atoms with Crippen LogP contribution < -0.4 is 21.7 Å². The first-order chi connectivity index (χ1) is 12.7. The number of halogens is 1. The van der Waals surface area contributed by atoms with E-state index in [2.05, 4.69) is 41.0 Å². The second-order valence-corrected chi connectivity index (χ2v) is 8.99. The molecule has 1 saturated heterocycles. The van der Waals surface area contributed by atoms with E-state index in [4.69, 9.17) is 23.1 Å². The van der Waals surface area contributed by atoms with Crippen LogP contribution in [-0.2, 0) is 0 Å². The van der Waals surface area contributed by atoms with Gasteiger partial charge in [0, 0.05) is 29.6 Å². The summed E-state index contributed by atoms with van der Waals surface area (Å²) in [5.41, 5.74) is 13.2. The van der Waals surface area contributed by atoms with Gasteiger partial charge in [0.05, 0.1) is 16.9 Å². The molecule has 2 heterocycles. The van der Waals surface area contributed by atoms with E-state index < -0.39 is 0 Å². The SMILES string of the molecule is CC(C)Nc1cccc(Sc2ncc(N3CCC(C)(N)CC3)nc2N)c1Cl. The van der Waals surface area contributed by atoms with Crippen molar-refractivity contribution < 1.29 is 0 Å². The van der Waals surface area contributed by atoms with Crippen molar-refractivity contribution in [1.82, 2.24) is 9.97 Å². The Morgan fingerprint density at radius 3 is 2.63 bits per heavy atom. The largest absolute Gasteiger partial charge is 0.382 e. The van der Waals surface area contributed by atoms with Crippen molar-refractivity contribution in [2.75, 3.05) is 29.0 Å². The van der Waals surface area contributed by atoms with Gasteiger partial charge in [0.25, 0.3) is 0 Å². The van der Waals surface area contributed by atoms with Crippen molar-refractivity contribution in [3.8, 4) is 0 Å². The molecule has 0 bridgehead atoms. The molecular formula is C19H27ClN6S. The third kappa shape index (κ3) is 4.97. The van der Waals surface area contributed by atoms with Gasteiger partial charge in [0.2, 0.25) is 0 Å². The molecule has 1 aliphatic rings. The fourth-order valence-electron chi connectivity index (χ4n) is 2.98. The number of rotatable bonds is 5. The molecule has 0 radical (unpaired) electrons. The van der Waals surface area contributed by atoms with Gasteiger partial charge in [-0.1, -0.05) is 29.4 Å². The summed E-state index contributed by atoms with van der Waals surface area (Å²) in [5, 5.41) is 4.67. The lowest BCUT2D eigenvalue weighted by molar-refractivity contribution is 0.363. The van der Waals surface area contributed by atoms with Crippen LogP contribution in [0.4, 0.5) is 17.3 Å². The van der Waals surface area contributed by atoms with Crippen LogP contribution in [0.5, 0.6) is 0 Å². The summed E-state index contributed by atoms with van der Waals surface area (Å²) in [6.45, 7) is 7.97. The molecule has 0 spiro atoms. The van der Waals surface area contributed by atoms with E-state index in [1.165, 1.54) is 11.8 Å². The monoisotopic (exact) mass is 406 g/mol. The molecule has 1 aliphatic heterocycles. The molecule has 5 N–H and O–H groups in total. The van der Waals surface area contributed by atoms with Crippen molar-refractivity contribution in [1.29, 1.82) is 0 Å². The Hall–Kier alpha value is -1.70. The summed E-state index contributed by atoms with van der Waals surface area (Å²) in [5.74, 6) is 1.21. The molecule has 0 atom stereocenters. The third-order valence-electron chi connectivity index (χ3n) is 4.60. The molecule has 0 saturated carbocycles. The number of nitrogens with zero attached hydrogens (tertiary/aromatic N) is 3. The van der Waals surface area contributed by atoms with Crippen LogP contribution in [0.2, 0.25) is 5.02 Å². The minimum absolute atomic E-state index is 0.100. The lowest BCUT2D eigenvalue weighted by atomic mass is 9.91. The number of benzene rings is 1. The van der Waals surface area contributed by atoms with Gasteiger partial charge in [-0.2, -0.15) is 0 Å². The summed E-state index contributed by atoms with van der Waals surface area (Å²) in [4.78, 5) is 12.2. The molecule has 1 fully saturated rings. The number of piperidine rings is 1. The number of nitrogens with one attached hydrogen (secondary N) is 1. The predicted octanol–water partition coefficient (Wildman–Crippen LogP) is 4.00. The minimum Gasteiger partial charge on any atom is -0.382 e. The van der Waals surface area contributed by atoms with Crippen LogP contribution in [0, 0.1) is 0 Å². The fourth-order valence-corrected chi connectivity index (χ4v) is 4.08. The quantitative estimate of drug-likeness (QED) is 0.690. The summed E-state index contributed by atoms with van der Waals surface area (Å²) in [6, 6.07) is 6.19. The Morgan fingerprint density at radius 1 is 1.30 bits per heavy atom. The number of nitrogens with two attached hydrogens (primary N) is 2. The van der Waals surface area contributed by atoms with Crippen molar-refractivity contribution in [2.45, 2.75) is 55.1 Å². The summed E-state index contributed by atoms with van der Waals surface area (Å²) in [7, 11) is 0. The van der Waals surface area contributed by atoms with Gasteiger partial charge in [-0.25, -0.2) is 9.97 Å². The Labute approximate surface area is 170 Å². The lowest BCUT2D eigenvalue weighted by Gasteiger charge is -2.37. The summed E-state index contributed by atoms with van der Waals surface area (Å²) in [6.07, 6.45) is 3.63. The van der Waals surface area contributed by atoms with Crippen LogP contribution in [0.25, 0.3) is 0 Å². The van der Waals surface area contributed by atoms with E-state index in [0.717, 1.165) is 42.3 Å². The minimum atomic E-state index is -0.100. The number of hydrogen-bond acceptors (Lipinski definition) is 7. The van der Waals surface area contributed by atoms with Crippen LogP contribution in [-0.4, -0.2) is 34.6 Å². The van der Waals surface area contributed by atoms with Crippen LogP contribution >= 0.6 is 23.4 Å². The average Bonchev–Trinajstić information content (AvgIpc) is 2.59. The van der Waals surface area contributed by atoms with E-state index in [9.17, 15) is 0 Å². The average molecular weight is 407 g/mol. The van der Waals surface area contributed by atoms with E-state index in [-0.39, 0.29) is 5.54 Å². The first-order valence-corrected chi connectivity index (χ1v) is 10.3. The fraction of sp³-hybridized carbons (Fsp3) is 0.474. The number of aromatic nitrogens is 2. The topological polar surface area (TPSA) is 93.1 Å². The lowest BCUT2D eigenvalue weighted by Crippen LogP contribution is -2.48. The molecule has 0 unspecified atom stereocenters. The first kappa shape index (κ1) is 20.0. The predicted molar refractivity (Wildman–Crippen MR) is 115 cm³/mol. The third-order valence-corrected chi connectivity index (χ3v) is 6.18. The van der Waals surface area contributed by atoms with Crippen LogP contribution in [0.15, 0.2) is 34.3 Å². The zero-order chi connectivity index (χ0) is 19.6. The van der Waals surface area contributed by atoms with Gasteiger partial charge in [0.15, 0.2) is 5.82 Å². The van der Waals surface area contributed by atoms with E-state index >= 15 is 0 Å². The van der Waals surface area contributed by atoms with Crippen molar-refractivity contribution in [2.24, 2.45) is 5.73 Å². The molecule has 3 rings (SSSR count). The van der Waals surface area contributed by atoms with Gasteiger partial charge >= 0.3 is 0 Å². The Balaban J connectivity index is 1.75. The second-order valence-electron chi connectivity index (χ2n) is 7.58. The standard InChI is InChI=1S/C19H27ClN6S/c1-12(2)24-13-5-4-6-14(16(13)20)27-18-17(21)25-15(11-23-18)26-9-7-19(3,22)8-10-26/h4-6,11-12,24H,7-10,22H2,1-3H3,(H2,21,25). The van der Waals surface area contributed by atoms with Crippen LogP contribution in [0.1, 0.15) is 33.6 Å². The molecule has 1 aromatic heterocycles. The molecule has 0 amide bonds. The van der Waals surface area contributed by atoms with E-state index in [1.54, 1.807) is 6.20 Å². The molecular weight excluding hydrogens is 380 g/mol. The highest BCUT2D eigenvalue weighted by molar-refractivity contribution is 7.99. The molecule has 2 aromatic rings. The molecule has 0 aliphatic carbocycles. The van der Waals surface area contributed by atoms with Crippen molar-refractivity contribution >= 4 is 40.7 Å². The highest BCUT2D eigenvalue weighted by atomic mass is 35.5. The maximum absolute atomic E-state index is 6.54. The Morgan fingerprint density at radius 2 is 2.00 bits per heavy atom. The van der Waals surface area contributed by atoms with E-state index in [0.29, 0.717) is 21.9 Å². The summed E-state index contributed by atoms with van der Waals surface area (Å²) < 4.78 is 0. The Bertz CT molecular complexity index is 801. The van der Waals surface area contributed by atoms with Crippen molar-refractivity contribution in [3.05, 3.63) is 29.4 Å². The number of hydrogen-bond donors (Lipinski definition) is 3. The molecule has 6 nitrogen and oxygen atoms in total. The molecule has 27 heavy (non-hydrogen) atoms. The highest BCUT2D eigenvalue weighted by Gasteiger charge is 2.27.